The van der Waals surface area contributed by atoms with Gasteiger partial charge in [0.05, 0.1) is 13.7 Å². The van der Waals surface area contributed by atoms with Gasteiger partial charge in [-0.1, -0.05) is 24.3 Å². The summed E-state index contributed by atoms with van der Waals surface area (Å²) in [5.41, 5.74) is 2.87. The minimum absolute atomic E-state index is 0.0620. The maximum atomic E-state index is 12.6. The molecule has 0 fully saturated rings. The van der Waals surface area contributed by atoms with Crippen LogP contribution in [0.2, 0.25) is 0 Å². The van der Waals surface area contributed by atoms with Crippen LogP contribution in [0.4, 0.5) is 5.69 Å². The van der Waals surface area contributed by atoms with Crippen LogP contribution in [0.15, 0.2) is 42.5 Å². The van der Waals surface area contributed by atoms with Crippen LogP contribution in [-0.4, -0.2) is 30.8 Å². The van der Waals surface area contributed by atoms with Crippen molar-refractivity contribution in [1.82, 2.24) is 0 Å². The topological polar surface area (TPSA) is 59.0 Å². The highest BCUT2D eigenvalue weighted by Gasteiger charge is 2.30. The lowest BCUT2D eigenvalue weighted by molar-refractivity contribution is -0.120. The van der Waals surface area contributed by atoms with Gasteiger partial charge in [-0.05, 0) is 42.7 Å². The summed E-state index contributed by atoms with van der Waals surface area (Å²) >= 11 is 0. The fourth-order valence-electron chi connectivity index (χ4n) is 3.08. The lowest BCUT2D eigenvalue weighted by atomic mass is 10.1. The molecule has 0 unspecified atom stereocenters. The van der Waals surface area contributed by atoms with Crippen molar-refractivity contribution in [2.24, 2.45) is 0 Å². The zero-order chi connectivity index (χ0) is 17.1. The molecule has 0 bridgehead atoms. The number of amides is 1. The number of carbonyl (C=O) groups excluding carboxylic acids is 1. The second-order valence-electron chi connectivity index (χ2n) is 5.88. The molecule has 0 aliphatic carbocycles. The summed E-state index contributed by atoms with van der Waals surface area (Å²) in [5.74, 6) is 0.910. The highest BCUT2D eigenvalue weighted by Crippen LogP contribution is 2.32. The Kier molecular flexibility index (Phi) is 4.71. The first-order valence-corrected chi connectivity index (χ1v) is 7.94. The third-order valence-electron chi connectivity index (χ3n) is 4.24. The molecule has 0 saturated heterocycles. The minimum atomic E-state index is -0.0827. The van der Waals surface area contributed by atoms with E-state index in [1.165, 1.54) is 12.7 Å². The van der Waals surface area contributed by atoms with Crippen LogP contribution in [0.1, 0.15) is 18.1 Å². The molecule has 1 aliphatic heterocycles. The van der Waals surface area contributed by atoms with Crippen LogP contribution in [-0.2, 0) is 17.8 Å². The molecule has 0 spiro atoms. The summed E-state index contributed by atoms with van der Waals surface area (Å²) in [4.78, 5) is 14.4. The molecule has 1 amide bonds. The molecule has 3 rings (SSSR count). The third-order valence-corrected chi connectivity index (χ3v) is 4.24. The monoisotopic (exact) mass is 327 g/mol. The number of aliphatic hydroxyl groups is 1. The van der Waals surface area contributed by atoms with Crippen LogP contribution in [0.3, 0.4) is 0 Å². The predicted molar refractivity (Wildman–Crippen MR) is 91.5 cm³/mol. The second kappa shape index (κ2) is 6.93. The number of rotatable bonds is 5. The summed E-state index contributed by atoms with van der Waals surface area (Å²) in [7, 11) is 1.53. The van der Waals surface area contributed by atoms with Gasteiger partial charge in [-0.3, -0.25) is 4.79 Å². The fourth-order valence-corrected chi connectivity index (χ4v) is 3.08. The number of hydrogen-bond acceptors (Lipinski definition) is 4. The van der Waals surface area contributed by atoms with Crippen molar-refractivity contribution in [2.75, 3.05) is 18.6 Å². The van der Waals surface area contributed by atoms with Crippen molar-refractivity contribution in [3.63, 3.8) is 0 Å². The molecule has 126 valence electrons. The highest BCUT2D eigenvalue weighted by molar-refractivity contribution is 5.97. The van der Waals surface area contributed by atoms with E-state index in [-0.39, 0.29) is 25.2 Å². The minimum Gasteiger partial charge on any atom is -0.493 e. The molecule has 2 aromatic rings. The Morgan fingerprint density at radius 2 is 2.04 bits per heavy atom. The molecule has 1 atom stereocenters. The van der Waals surface area contributed by atoms with E-state index in [0.717, 1.165) is 17.7 Å². The fraction of sp³-hybridized carbons (Fsp3) is 0.316. The largest absolute Gasteiger partial charge is 0.493 e. The highest BCUT2D eigenvalue weighted by atomic mass is 16.5. The summed E-state index contributed by atoms with van der Waals surface area (Å²) in [5, 5.41) is 9.18. The van der Waals surface area contributed by atoms with Crippen molar-refractivity contribution in [1.29, 1.82) is 0 Å². The van der Waals surface area contributed by atoms with Crippen molar-refractivity contribution in [3.8, 4) is 11.5 Å². The Morgan fingerprint density at radius 3 is 2.79 bits per heavy atom. The maximum Gasteiger partial charge on any atom is 0.265 e. The van der Waals surface area contributed by atoms with Gasteiger partial charge >= 0.3 is 0 Å². The van der Waals surface area contributed by atoms with Gasteiger partial charge in [0.1, 0.15) is 0 Å². The van der Waals surface area contributed by atoms with Crippen LogP contribution >= 0.6 is 0 Å². The Morgan fingerprint density at radius 1 is 1.25 bits per heavy atom. The van der Waals surface area contributed by atoms with Crippen molar-refractivity contribution < 1.29 is 19.4 Å². The molecule has 24 heavy (non-hydrogen) atoms. The van der Waals surface area contributed by atoms with E-state index in [1.54, 1.807) is 23.1 Å². The van der Waals surface area contributed by atoms with Crippen LogP contribution in [0.5, 0.6) is 11.5 Å². The molecule has 5 nitrogen and oxygen atoms in total. The van der Waals surface area contributed by atoms with E-state index in [0.29, 0.717) is 11.5 Å². The SMILES string of the molecule is COc1cc(CO)ccc1OCC(=O)N1c2ccccc2C[C@@H]1C. The molecule has 1 N–H and O–H groups in total. The van der Waals surface area contributed by atoms with E-state index in [1.807, 2.05) is 25.1 Å². The molecule has 1 aliphatic rings. The summed E-state index contributed by atoms with van der Waals surface area (Å²) in [6.07, 6.45) is 0.858. The maximum absolute atomic E-state index is 12.6. The van der Waals surface area contributed by atoms with Gasteiger partial charge in [-0.25, -0.2) is 0 Å². The van der Waals surface area contributed by atoms with E-state index < -0.39 is 0 Å². The summed E-state index contributed by atoms with van der Waals surface area (Å²) < 4.78 is 10.9. The molecule has 0 saturated carbocycles. The normalized spacial score (nSPS) is 16.0. The number of methoxy groups -OCH3 is 1. The Hall–Kier alpha value is -2.53. The Bertz CT molecular complexity index is 744. The number of ether oxygens (including phenoxy) is 2. The lowest BCUT2D eigenvalue weighted by Gasteiger charge is -2.23. The number of nitrogens with zero attached hydrogens (tertiary/aromatic N) is 1. The van der Waals surface area contributed by atoms with E-state index in [9.17, 15) is 9.90 Å². The third kappa shape index (κ3) is 3.08. The van der Waals surface area contributed by atoms with Gasteiger partial charge in [0.15, 0.2) is 18.1 Å². The van der Waals surface area contributed by atoms with Gasteiger partial charge < -0.3 is 19.5 Å². The molecule has 0 radical (unpaired) electrons. The van der Waals surface area contributed by atoms with Crippen molar-refractivity contribution in [2.45, 2.75) is 26.0 Å². The number of anilines is 1. The number of fused-ring (bicyclic) bond motifs is 1. The number of para-hydroxylation sites is 1. The summed E-state index contributed by atoms with van der Waals surface area (Å²) in [6.45, 7) is 1.90. The first kappa shape index (κ1) is 16.3. The molecule has 1 heterocycles. The first-order chi connectivity index (χ1) is 11.6. The summed E-state index contributed by atoms with van der Waals surface area (Å²) in [6, 6.07) is 13.2. The quantitative estimate of drug-likeness (QED) is 0.917. The van der Waals surface area contributed by atoms with Crippen molar-refractivity contribution >= 4 is 11.6 Å². The smallest absolute Gasteiger partial charge is 0.265 e. The van der Waals surface area contributed by atoms with Crippen LogP contribution in [0.25, 0.3) is 0 Å². The van der Waals surface area contributed by atoms with Gasteiger partial charge in [0.25, 0.3) is 5.91 Å². The second-order valence-corrected chi connectivity index (χ2v) is 5.88. The molecular weight excluding hydrogens is 306 g/mol. The Balaban J connectivity index is 1.72. The lowest BCUT2D eigenvalue weighted by Crippen LogP contribution is -2.39. The van der Waals surface area contributed by atoms with Crippen LogP contribution in [0, 0.1) is 0 Å². The van der Waals surface area contributed by atoms with Gasteiger partial charge in [-0.2, -0.15) is 0 Å². The number of hydrogen-bond donors (Lipinski definition) is 1. The van der Waals surface area contributed by atoms with E-state index in [2.05, 4.69) is 6.07 Å². The van der Waals surface area contributed by atoms with Crippen LogP contribution < -0.4 is 14.4 Å². The average Bonchev–Trinajstić information content (AvgIpc) is 2.95. The zero-order valence-electron chi connectivity index (χ0n) is 13.9. The molecule has 0 aromatic heterocycles. The standard InChI is InChI=1S/C19H21NO4/c1-13-9-15-5-3-4-6-16(15)20(13)19(22)12-24-17-8-7-14(11-21)10-18(17)23-2/h3-8,10,13,21H,9,11-12H2,1-2H3/t13-/m0/s1. The van der Waals surface area contributed by atoms with Gasteiger partial charge in [-0.15, -0.1) is 0 Å². The molecule has 5 heteroatoms. The van der Waals surface area contributed by atoms with Gasteiger partial charge in [0.2, 0.25) is 0 Å². The first-order valence-electron chi connectivity index (χ1n) is 7.94. The molecule has 2 aromatic carbocycles. The number of carbonyl (C=O) groups is 1. The van der Waals surface area contributed by atoms with E-state index >= 15 is 0 Å². The predicted octanol–water partition coefficient (Wildman–Crippen LogP) is 2.54. The number of benzene rings is 2. The average molecular weight is 327 g/mol. The zero-order valence-corrected chi connectivity index (χ0v) is 13.9. The van der Waals surface area contributed by atoms with E-state index in [4.69, 9.17) is 9.47 Å². The van der Waals surface area contributed by atoms with Gasteiger partial charge in [0, 0.05) is 11.7 Å². The number of aliphatic hydroxyl groups excluding tert-OH is 1. The Labute approximate surface area is 141 Å². The molecular formula is C19H21NO4. The van der Waals surface area contributed by atoms with Crippen molar-refractivity contribution in [3.05, 3.63) is 53.6 Å².